The molecular weight excluding hydrogens is 188 g/mol. The number of carbonyl (C=O) groups is 1. The van der Waals surface area contributed by atoms with Gasteiger partial charge in [0, 0.05) is 19.5 Å². The number of nitrogens with zero attached hydrogens (tertiary/aromatic N) is 2. The number of hydrogen-bond donors (Lipinski definition) is 0. The van der Waals surface area contributed by atoms with Crippen LogP contribution in [-0.4, -0.2) is 30.6 Å². The normalized spacial score (nSPS) is 16.2. The SMILES string of the molecule is CN1CC=NC=C(c2ccccc2)C1=O. The Morgan fingerprint density at radius 3 is 2.73 bits per heavy atom. The highest BCUT2D eigenvalue weighted by Crippen LogP contribution is 2.17. The second kappa shape index (κ2) is 4.09. The molecule has 76 valence electrons. The molecule has 0 N–H and O–H groups in total. The second-order valence-corrected chi connectivity index (χ2v) is 3.43. The van der Waals surface area contributed by atoms with Gasteiger partial charge in [-0.1, -0.05) is 30.3 Å². The van der Waals surface area contributed by atoms with E-state index in [1.54, 1.807) is 24.4 Å². The molecule has 1 aromatic rings. The van der Waals surface area contributed by atoms with Crippen molar-refractivity contribution in [1.82, 2.24) is 4.90 Å². The Bertz CT molecular complexity index is 421. The van der Waals surface area contributed by atoms with Gasteiger partial charge in [-0.3, -0.25) is 9.79 Å². The summed E-state index contributed by atoms with van der Waals surface area (Å²) in [5.74, 6) is 0.0127. The first-order chi connectivity index (χ1) is 7.29. The zero-order chi connectivity index (χ0) is 10.7. The topological polar surface area (TPSA) is 32.7 Å². The summed E-state index contributed by atoms with van der Waals surface area (Å²) in [6.45, 7) is 0.561. The number of carbonyl (C=O) groups excluding carboxylic acids is 1. The molecule has 0 bridgehead atoms. The fourth-order valence-electron chi connectivity index (χ4n) is 1.46. The van der Waals surface area contributed by atoms with E-state index < -0.39 is 0 Å². The lowest BCUT2D eigenvalue weighted by Crippen LogP contribution is -2.28. The summed E-state index contributed by atoms with van der Waals surface area (Å²) in [5.41, 5.74) is 1.56. The van der Waals surface area contributed by atoms with Gasteiger partial charge in [0.1, 0.15) is 0 Å². The highest BCUT2D eigenvalue weighted by Gasteiger charge is 2.16. The largest absolute Gasteiger partial charge is 0.336 e. The zero-order valence-corrected chi connectivity index (χ0v) is 8.55. The van der Waals surface area contributed by atoms with Crippen molar-refractivity contribution in [1.29, 1.82) is 0 Å². The molecule has 0 aromatic heterocycles. The first-order valence-electron chi connectivity index (χ1n) is 4.82. The maximum atomic E-state index is 11.9. The molecule has 3 nitrogen and oxygen atoms in total. The molecule has 1 aliphatic heterocycles. The highest BCUT2D eigenvalue weighted by atomic mass is 16.2. The second-order valence-electron chi connectivity index (χ2n) is 3.43. The minimum Gasteiger partial charge on any atom is -0.336 e. The molecule has 0 atom stereocenters. The molecule has 2 rings (SSSR count). The van der Waals surface area contributed by atoms with E-state index in [1.165, 1.54) is 0 Å². The molecule has 0 unspecified atom stereocenters. The Labute approximate surface area is 88.7 Å². The van der Waals surface area contributed by atoms with Gasteiger partial charge in [-0.05, 0) is 5.56 Å². The Morgan fingerprint density at radius 1 is 1.27 bits per heavy atom. The molecule has 15 heavy (non-hydrogen) atoms. The minimum atomic E-state index is 0.0127. The van der Waals surface area contributed by atoms with E-state index in [0.717, 1.165) is 5.56 Å². The average Bonchev–Trinajstić information content (AvgIpc) is 2.44. The van der Waals surface area contributed by atoms with Gasteiger partial charge >= 0.3 is 0 Å². The number of benzene rings is 1. The van der Waals surface area contributed by atoms with Gasteiger partial charge in [-0.2, -0.15) is 0 Å². The van der Waals surface area contributed by atoms with Crippen molar-refractivity contribution < 1.29 is 4.79 Å². The molecule has 0 aliphatic carbocycles. The van der Waals surface area contributed by atoms with Crippen molar-refractivity contribution in [3.05, 3.63) is 42.1 Å². The van der Waals surface area contributed by atoms with Gasteiger partial charge in [0.2, 0.25) is 0 Å². The first kappa shape index (κ1) is 9.65. The van der Waals surface area contributed by atoms with Crippen molar-refractivity contribution in [3.8, 4) is 0 Å². The van der Waals surface area contributed by atoms with Crippen LogP contribution in [0.4, 0.5) is 0 Å². The lowest BCUT2D eigenvalue weighted by Gasteiger charge is -2.14. The highest BCUT2D eigenvalue weighted by molar-refractivity contribution is 6.20. The maximum absolute atomic E-state index is 11.9. The summed E-state index contributed by atoms with van der Waals surface area (Å²) in [4.78, 5) is 17.7. The Balaban J connectivity index is 2.40. The molecule has 0 spiro atoms. The molecule has 0 fully saturated rings. The molecule has 0 saturated heterocycles. The standard InChI is InChI=1S/C12H12N2O/c1-14-8-7-13-9-11(12(14)15)10-5-3-2-4-6-10/h2-7,9H,8H2,1H3. The van der Waals surface area contributed by atoms with Crippen molar-refractivity contribution in [2.24, 2.45) is 4.99 Å². The van der Waals surface area contributed by atoms with E-state index in [9.17, 15) is 4.79 Å². The summed E-state index contributed by atoms with van der Waals surface area (Å²) < 4.78 is 0. The van der Waals surface area contributed by atoms with Crippen molar-refractivity contribution in [3.63, 3.8) is 0 Å². The summed E-state index contributed by atoms with van der Waals surface area (Å²) in [5, 5.41) is 0. The molecule has 0 saturated carbocycles. The first-order valence-corrected chi connectivity index (χ1v) is 4.82. The van der Waals surface area contributed by atoms with E-state index in [2.05, 4.69) is 4.99 Å². The van der Waals surface area contributed by atoms with E-state index in [-0.39, 0.29) is 5.91 Å². The quantitative estimate of drug-likeness (QED) is 0.677. The van der Waals surface area contributed by atoms with Crippen molar-refractivity contribution in [2.45, 2.75) is 0 Å². The van der Waals surface area contributed by atoms with E-state index >= 15 is 0 Å². The average molecular weight is 200 g/mol. The number of hydrogen-bond acceptors (Lipinski definition) is 2. The van der Waals surface area contributed by atoms with Crippen LogP contribution in [0.1, 0.15) is 5.56 Å². The predicted molar refractivity (Wildman–Crippen MR) is 60.5 cm³/mol. The molecule has 1 aromatic carbocycles. The summed E-state index contributed by atoms with van der Waals surface area (Å²) in [6, 6.07) is 9.59. The van der Waals surface area contributed by atoms with Gasteiger partial charge in [-0.15, -0.1) is 0 Å². The third kappa shape index (κ3) is 1.96. The fraction of sp³-hybridized carbons (Fsp3) is 0.167. The van der Waals surface area contributed by atoms with Crippen LogP contribution in [0.2, 0.25) is 0 Å². The van der Waals surface area contributed by atoms with Gasteiger partial charge in [0.05, 0.1) is 12.1 Å². The Kier molecular flexibility index (Phi) is 2.63. The number of aliphatic imine (C=N–C) groups is 1. The van der Waals surface area contributed by atoms with E-state index in [1.807, 2.05) is 30.3 Å². The monoisotopic (exact) mass is 200 g/mol. The van der Waals surface area contributed by atoms with Crippen LogP contribution in [0.5, 0.6) is 0 Å². The molecule has 1 heterocycles. The number of rotatable bonds is 1. The van der Waals surface area contributed by atoms with Gasteiger partial charge in [0.25, 0.3) is 5.91 Å². The lowest BCUT2D eigenvalue weighted by atomic mass is 10.1. The maximum Gasteiger partial charge on any atom is 0.256 e. The molecule has 1 aliphatic rings. The van der Waals surface area contributed by atoms with Crippen LogP contribution in [0.25, 0.3) is 5.57 Å². The Hall–Kier alpha value is -1.90. The van der Waals surface area contributed by atoms with Gasteiger partial charge in [-0.25, -0.2) is 0 Å². The Morgan fingerprint density at radius 2 is 2.00 bits per heavy atom. The lowest BCUT2D eigenvalue weighted by molar-refractivity contribution is -0.123. The minimum absolute atomic E-state index is 0.0127. The van der Waals surface area contributed by atoms with Gasteiger partial charge < -0.3 is 4.90 Å². The van der Waals surface area contributed by atoms with Crippen molar-refractivity contribution >= 4 is 17.7 Å². The van der Waals surface area contributed by atoms with Crippen LogP contribution in [-0.2, 0) is 4.79 Å². The summed E-state index contributed by atoms with van der Waals surface area (Å²) in [7, 11) is 1.77. The summed E-state index contributed by atoms with van der Waals surface area (Å²) in [6.07, 6.45) is 3.36. The zero-order valence-electron chi connectivity index (χ0n) is 8.55. The third-order valence-electron chi connectivity index (χ3n) is 2.33. The molecule has 3 heteroatoms. The summed E-state index contributed by atoms with van der Waals surface area (Å²) >= 11 is 0. The fourth-order valence-corrected chi connectivity index (χ4v) is 1.46. The van der Waals surface area contributed by atoms with Crippen LogP contribution in [0.3, 0.4) is 0 Å². The smallest absolute Gasteiger partial charge is 0.256 e. The van der Waals surface area contributed by atoms with Crippen LogP contribution < -0.4 is 0 Å². The van der Waals surface area contributed by atoms with Crippen LogP contribution in [0.15, 0.2) is 41.5 Å². The van der Waals surface area contributed by atoms with E-state index in [0.29, 0.717) is 12.1 Å². The molecule has 1 amide bonds. The van der Waals surface area contributed by atoms with E-state index in [4.69, 9.17) is 0 Å². The predicted octanol–water partition coefficient (Wildman–Crippen LogP) is 1.57. The van der Waals surface area contributed by atoms with Crippen molar-refractivity contribution in [2.75, 3.05) is 13.6 Å². The number of likely N-dealkylation sites (N-methyl/N-ethyl adjacent to an activating group) is 1. The van der Waals surface area contributed by atoms with Gasteiger partial charge in [0.15, 0.2) is 0 Å². The number of amides is 1. The van der Waals surface area contributed by atoms with Crippen LogP contribution >= 0.6 is 0 Å². The molecule has 0 radical (unpaired) electrons. The van der Waals surface area contributed by atoms with Crippen LogP contribution in [0, 0.1) is 0 Å². The third-order valence-corrected chi connectivity index (χ3v) is 2.33. The molecular formula is C12H12N2O.